The van der Waals surface area contributed by atoms with Gasteiger partial charge in [0.15, 0.2) is 6.10 Å². The average molecular weight is 1060 g/mol. The zero-order valence-corrected chi connectivity index (χ0v) is 50.3. The van der Waals surface area contributed by atoms with E-state index in [1.807, 2.05) is 0 Å². The van der Waals surface area contributed by atoms with Crippen LogP contribution in [0.15, 0.2) is 85.1 Å². The van der Waals surface area contributed by atoms with Crippen molar-refractivity contribution in [2.45, 2.75) is 329 Å². The summed E-state index contributed by atoms with van der Waals surface area (Å²) in [5.41, 5.74) is 0. The van der Waals surface area contributed by atoms with Crippen molar-refractivity contribution in [3.05, 3.63) is 85.1 Å². The summed E-state index contributed by atoms with van der Waals surface area (Å²) in [6, 6.07) is 0. The topological polar surface area (TPSA) is 78.9 Å². The van der Waals surface area contributed by atoms with Crippen LogP contribution in [0, 0.1) is 0 Å². The second-order valence-corrected chi connectivity index (χ2v) is 21.6. The summed E-state index contributed by atoms with van der Waals surface area (Å²) in [4.78, 5) is 38.3. The van der Waals surface area contributed by atoms with Gasteiger partial charge in [0, 0.05) is 19.3 Å². The SMILES string of the molecule is CC/C=C\C/C=C\C/C=C\C/C=C\C/C=C\CCCCCCCC(=O)OC(COC(=O)CCCCCCC/C=C\C/C=C\CCCC)COC(=O)CCCCCCCCCCCCCCCCCCCCCCCCC. The number of allylic oxidation sites excluding steroid dienone is 14. The Bertz CT molecular complexity index is 1450. The summed E-state index contributed by atoms with van der Waals surface area (Å²) in [7, 11) is 0. The smallest absolute Gasteiger partial charge is 0.306 e. The molecule has 0 rings (SSSR count). The van der Waals surface area contributed by atoms with Crippen molar-refractivity contribution in [1.82, 2.24) is 0 Å². The van der Waals surface area contributed by atoms with E-state index in [9.17, 15) is 14.4 Å². The van der Waals surface area contributed by atoms with Gasteiger partial charge in [0.2, 0.25) is 0 Å². The lowest BCUT2D eigenvalue weighted by Gasteiger charge is -2.18. The maximum Gasteiger partial charge on any atom is 0.306 e. The summed E-state index contributed by atoms with van der Waals surface area (Å²) >= 11 is 0. The van der Waals surface area contributed by atoms with Gasteiger partial charge in [0.25, 0.3) is 0 Å². The van der Waals surface area contributed by atoms with Crippen LogP contribution in [-0.4, -0.2) is 37.2 Å². The fourth-order valence-electron chi connectivity index (χ4n) is 9.25. The summed E-state index contributed by atoms with van der Waals surface area (Å²) in [6.45, 7) is 6.50. The van der Waals surface area contributed by atoms with E-state index >= 15 is 0 Å². The summed E-state index contributed by atoms with van der Waals surface area (Å²) in [6.07, 6.45) is 84.5. The first-order valence-electron chi connectivity index (χ1n) is 32.6. The maximum atomic E-state index is 12.9. The van der Waals surface area contributed by atoms with Crippen molar-refractivity contribution in [3.8, 4) is 0 Å². The molecule has 0 fully saturated rings. The van der Waals surface area contributed by atoms with Gasteiger partial charge in [-0.05, 0) is 89.9 Å². The number of unbranched alkanes of at least 4 members (excludes halogenated alkanes) is 34. The Morgan fingerprint density at radius 2 is 0.526 bits per heavy atom. The van der Waals surface area contributed by atoms with Gasteiger partial charge in [-0.3, -0.25) is 14.4 Å². The standard InChI is InChI=1S/C70H122O6/c1-4-7-10-13-16-19-22-25-28-30-32-34-35-37-38-40-42-45-48-51-54-57-60-63-69(72)75-66-67(65-74-68(71)62-59-56-53-50-47-44-27-24-21-18-15-12-9-6-3)76-70(73)64-61-58-55-52-49-46-43-41-39-36-33-31-29-26-23-20-17-14-11-8-5-2/h8,11,15,17-18,20,24,26-27,29,33,36,41,43,67H,4-7,9-10,12-14,16,19,21-23,25,28,30-32,34-35,37-40,42,44-66H2,1-3H3/b11-8-,18-15-,20-17-,27-24-,29-26-,36-33-,43-41-. The molecule has 1 atom stereocenters. The van der Waals surface area contributed by atoms with Crippen LogP contribution < -0.4 is 0 Å². The Balaban J connectivity index is 4.36. The van der Waals surface area contributed by atoms with Crippen LogP contribution in [0.5, 0.6) is 0 Å². The van der Waals surface area contributed by atoms with Gasteiger partial charge in [-0.15, -0.1) is 0 Å². The fourth-order valence-corrected chi connectivity index (χ4v) is 9.25. The van der Waals surface area contributed by atoms with Gasteiger partial charge in [0.05, 0.1) is 0 Å². The molecule has 0 aliphatic heterocycles. The number of rotatable bonds is 59. The van der Waals surface area contributed by atoms with Gasteiger partial charge in [-0.25, -0.2) is 0 Å². The predicted molar refractivity (Wildman–Crippen MR) is 330 cm³/mol. The fraction of sp³-hybridized carbons (Fsp3) is 0.757. The first kappa shape index (κ1) is 72.6. The highest BCUT2D eigenvalue weighted by molar-refractivity contribution is 5.71. The molecule has 0 amide bonds. The number of hydrogen-bond acceptors (Lipinski definition) is 6. The van der Waals surface area contributed by atoms with Crippen LogP contribution in [0.3, 0.4) is 0 Å². The third kappa shape index (κ3) is 61.4. The first-order chi connectivity index (χ1) is 37.5. The molecular formula is C70H122O6. The predicted octanol–water partition coefficient (Wildman–Crippen LogP) is 22.3. The average Bonchev–Trinajstić information content (AvgIpc) is 3.42. The van der Waals surface area contributed by atoms with Crippen molar-refractivity contribution in [1.29, 1.82) is 0 Å². The summed E-state index contributed by atoms with van der Waals surface area (Å²) < 4.78 is 16.9. The molecule has 0 aromatic carbocycles. The van der Waals surface area contributed by atoms with Gasteiger partial charge in [-0.1, -0.05) is 298 Å². The van der Waals surface area contributed by atoms with Crippen LogP contribution in [0.4, 0.5) is 0 Å². The molecular weight excluding hydrogens is 937 g/mol. The van der Waals surface area contributed by atoms with Crippen molar-refractivity contribution in [3.63, 3.8) is 0 Å². The Labute approximate surface area is 471 Å². The van der Waals surface area contributed by atoms with Gasteiger partial charge >= 0.3 is 17.9 Å². The van der Waals surface area contributed by atoms with E-state index in [4.69, 9.17) is 14.2 Å². The molecule has 0 heterocycles. The number of ether oxygens (including phenoxy) is 3. The molecule has 438 valence electrons. The van der Waals surface area contributed by atoms with E-state index in [1.54, 1.807) is 0 Å². The summed E-state index contributed by atoms with van der Waals surface area (Å²) in [5, 5.41) is 0. The van der Waals surface area contributed by atoms with E-state index in [0.29, 0.717) is 19.3 Å². The second-order valence-electron chi connectivity index (χ2n) is 21.6. The Hall–Kier alpha value is -3.41. The quantitative estimate of drug-likeness (QED) is 0.0261. The van der Waals surface area contributed by atoms with Crippen molar-refractivity contribution in [2.24, 2.45) is 0 Å². The van der Waals surface area contributed by atoms with E-state index in [2.05, 4.69) is 106 Å². The maximum absolute atomic E-state index is 12.9. The van der Waals surface area contributed by atoms with E-state index < -0.39 is 6.10 Å². The molecule has 0 saturated heterocycles. The van der Waals surface area contributed by atoms with Crippen molar-refractivity contribution in [2.75, 3.05) is 13.2 Å². The molecule has 0 N–H and O–H groups in total. The second kappa shape index (κ2) is 64.1. The van der Waals surface area contributed by atoms with Gasteiger partial charge < -0.3 is 14.2 Å². The van der Waals surface area contributed by atoms with Crippen LogP contribution >= 0.6 is 0 Å². The zero-order valence-electron chi connectivity index (χ0n) is 50.3. The monoisotopic (exact) mass is 1060 g/mol. The first-order valence-corrected chi connectivity index (χ1v) is 32.6. The van der Waals surface area contributed by atoms with Crippen LogP contribution in [0.1, 0.15) is 323 Å². The van der Waals surface area contributed by atoms with E-state index in [0.717, 1.165) is 135 Å². The van der Waals surface area contributed by atoms with Crippen LogP contribution in [0.2, 0.25) is 0 Å². The zero-order chi connectivity index (χ0) is 55.0. The lowest BCUT2D eigenvalue weighted by atomic mass is 10.0. The molecule has 6 nitrogen and oxygen atoms in total. The van der Waals surface area contributed by atoms with E-state index in [-0.39, 0.29) is 31.1 Å². The molecule has 0 aliphatic carbocycles. The number of carbonyl (C=O) groups excluding carboxylic acids is 3. The summed E-state index contributed by atoms with van der Waals surface area (Å²) in [5.74, 6) is -0.906. The van der Waals surface area contributed by atoms with Crippen LogP contribution in [0.25, 0.3) is 0 Å². The number of hydrogen-bond donors (Lipinski definition) is 0. The normalized spacial score (nSPS) is 12.6. The molecule has 0 aromatic rings. The molecule has 76 heavy (non-hydrogen) atoms. The van der Waals surface area contributed by atoms with Crippen molar-refractivity contribution < 1.29 is 28.6 Å². The Morgan fingerprint density at radius 1 is 0.276 bits per heavy atom. The molecule has 0 spiro atoms. The minimum Gasteiger partial charge on any atom is -0.462 e. The molecule has 6 heteroatoms. The minimum absolute atomic E-state index is 0.0867. The lowest BCUT2D eigenvalue weighted by Crippen LogP contribution is -2.30. The van der Waals surface area contributed by atoms with Crippen LogP contribution in [-0.2, 0) is 28.6 Å². The highest BCUT2D eigenvalue weighted by Crippen LogP contribution is 2.17. The molecule has 0 radical (unpaired) electrons. The third-order valence-electron chi connectivity index (χ3n) is 14.1. The van der Waals surface area contributed by atoms with Gasteiger partial charge in [0.1, 0.15) is 13.2 Å². The molecule has 0 aromatic heterocycles. The molecule has 0 saturated carbocycles. The molecule has 0 aliphatic rings. The molecule has 0 bridgehead atoms. The Kier molecular flexibility index (Phi) is 61.2. The number of carbonyl (C=O) groups is 3. The lowest BCUT2D eigenvalue weighted by molar-refractivity contribution is -0.167. The molecule has 1 unspecified atom stereocenters. The van der Waals surface area contributed by atoms with Crippen molar-refractivity contribution >= 4 is 17.9 Å². The Morgan fingerprint density at radius 3 is 0.842 bits per heavy atom. The third-order valence-corrected chi connectivity index (χ3v) is 14.1. The minimum atomic E-state index is -0.793. The number of esters is 3. The van der Waals surface area contributed by atoms with E-state index in [1.165, 1.54) is 148 Å². The highest BCUT2D eigenvalue weighted by atomic mass is 16.6. The largest absolute Gasteiger partial charge is 0.462 e. The highest BCUT2D eigenvalue weighted by Gasteiger charge is 2.19. The van der Waals surface area contributed by atoms with Gasteiger partial charge in [-0.2, -0.15) is 0 Å².